The van der Waals surface area contributed by atoms with Gasteiger partial charge in [-0.3, -0.25) is 0 Å². The molecule has 0 aliphatic heterocycles. The van der Waals surface area contributed by atoms with Gasteiger partial charge in [-0.05, 0) is 24.6 Å². The molecule has 0 bridgehead atoms. The van der Waals surface area contributed by atoms with E-state index in [1.807, 2.05) is 36.5 Å². The smallest absolute Gasteiger partial charge is 0.356 e. The minimum Gasteiger partial charge on any atom is -0.476 e. The number of fused-ring (bicyclic) bond motifs is 1. The van der Waals surface area contributed by atoms with E-state index in [9.17, 15) is 4.79 Å². The molecule has 0 amide bonds. The monoisotopic (exact) mass is 295 g/mol. The lowest BCUT2D eigenvalue weighted by Crippen LogP contribution is -2.22. The van der Waals surface area contributed by atoms with Crippen LogP contribution in [0, 0.1) is 0 Å². The average molecular weight is 295 g/mol. The van der Waals surface area contributed by atoms with Gasteiger partial charge in [-0.25, -0.2) is 9.78 Å². The van der Waals surface area contributed by atoms with Gasteiger partial charge in [0.2, 0.25) is 0 Å². The standard InChI is InChI=1S/C17H17N3O2/c1-2-19(10-13-6-4-3-5-7-13)14-8-9-16-18-15(17(21)22)12-20(16)11-14/h3-9,11-12H,2,10H2,1H3,(H,21,22). The van der Waals surface area contributed by atoms with E-state index in [-0.39, 0.29) is 5.69 Å². The number of carboxylic acids is 1. The van der Waals surface area contributed by atoms with Gasteiger partial charge in [0.15, 0.2) is 5.69 Å². The maximum absolute atomic E-state index is 11.0. The van der Waals surface area contributed by atoms with Crippen molar-refractivity contribution in [1.29, 1.82) is 0 Å². The van der Waals surface area contributed by atoms with Crippen LogP contribution in [0.5, 0.6) is 0 Å². The highest BCUT2D eigenvalue weighted by Gasteiger charge is 2.11. The molecule has 0 aliphatic carbocycles. The Kier molecular flexibility index (Phi) is 3.78. The van der Waals surface area contributed by atoms with Crippen molar-refractivity contribution in [2.75, 3.05) is 11.4 Å². The molecule has 5 heteroatoms. The summed E-state index contributed by atoms with van der Waals surface area (Å²) < 4.78 is 1.76. The molecule has 0 radical (unpaired) electrons. The summed E-state index contributed by atoms with van der Waals surface area (Å²) in [6.07, 6.45) is 3.46. The SMILES string of the molecule is CCN(Cc1ccccc1)c1ccc2nc(C(=O)O)cn2c1. The molecule has 3 rings (SSSR count). The van der Waals surface area contributed by atoms with Gasteiger partial charge in [-0.1, -0.05) is 30.3 Å². The van der Waals surface area contributed by atoms with Gasteiger partial charge in [0, 0.05) is 25.5 Å². The predicted molar refractivity (Wildman–Crippen MR) is 85.3 cm³/mol. The molecular formula is C17H17N3O2. The lowest BCUT2D eigenvalue weighted by Gasteiger charge is -2.23. The van der Waals surface area contributed by atoms with Gasteiger partial charge < -0.3 is 14.4 Å². The third kappa shape index (κ3) is 2.79. The van der Waals surface area contributed by atoms with E-state index in [2.05, 4.69) is 28.9 Å². The number of carboxylic acid groups (broad SMARTS) is 1. The second-order valence-electron chi connectivity index (χ2n) is 5.08. The number of nitrogens with zero attached hydrogens (tertiary/aromatic N) is 3. The van der Waals surface area contributed by atoms with Crippen LogP contribution < -0.4 is 4.90 Å². The van der Waals surface area contributed by atoms with E-state index in [0.29, 0.717) is 5.65 Å². The molecule has 22 heavy (non-hydrogen) atoms. The largest absolute Gasteiger partial charge is 0.476 e. The molecule has 0 aliphatic rings. The Balaban J connectivity index is 1.91. The van der Waals surface area contributed by atoms with Crippen LogP contribution in [-0.2, 0) is 6.54 Å². The third-order valence-corrected chi connectivity index (χ3v) is 3.62. The summed E-state index contributed by atoms with van der Waals surface area (Å²) in [5.74, 6) is -1.01. The Hall–Kier alpha value is -2.82. The lowest BCUT2D eigenvalue weighted by atomic mass is 10.2. The summed E-state index contributed by atoms with van der Waals surface area (Å²) in [5, 5.41) is 9.02. The second kappa shape index (κ2) is 5.89. The van der Waals surface area contributed by atoms with Crippen LogP contribution in [0.2, 0.25) is 0 Å². The normalized spacial score (nSPS) is 10.8. The van der Waals surface area contributed by atoms with Crippen molar-refractivity contribution in [2.24, 2.45) is 0 Å². The number of pyridine rings is 1. The number of rotatable bonds is 5. The number of hydrogen-bond donors (Lipinski definition) is 1. The van der Waals surface area contributed by atoms with Crippen molar-refractivity contribution in [3.05, 3.63) is 66.1 Å². The van der Waals surface area contributed by atoms with Crippen LogP contribution in [0.4, 0.5) is 5.69 Å². The number of benzene rings is 1. The first-order chi connectivity index (χ1) is 10.7. The zero-order chi connectivity index (χ0) is 15.5. The molecule has 2 heterocycles. The molecule has 0 spiro atoms. The first-order valence-electron chi connectivity index (χ1n) is 7.18. The fourth-order valence-electron chi connectivity index (χ4n) is 2.46. The second-order valence-corrected chi connectivity index (χ2v) is 5.08. The molecular weight excluding hydrogens is 278 g/mol. The van der Waals surface area contributed by atoms with E-state index in [4.69, 9.17) is 5.11 Å². The van der Waals surface area contributed by atoms with E-state index < -0.39 is 5.97 Å². The molecule has 2 aromatic heterocycles. The third-order valence-electron chi connectivity index (χ3n) is 3.62. The molecule has 0 unspecified atom stereocenters. The Morgan fingerprint density at radius 3 is 2.64 bits per heavy atom. The maximum Gasteiger partial charge on any atom is 0.356 e. The number of hydrogen-bond acceptors (Lipinski definition) is 3. The van der Waals surface area contributed by atoms with Gasteiger partial charge in [-0.2, -0.15) is 0 Å². The Morgan fingerprint density at radius 2 is 1.95 bits per heavy atom. The topological polar surface area (TPSA) is 57.8 Å². The molecule has 1 N–H and O–H groups in total. The molecule has 0 saturated heterocycles. The molecule has 5 nitrogen and oxygen atoms in total. The molecule has 112 valence electrons. The fraction of sp³-hybridized carbons (Fsp3) is 0.176. The number of aromatic nitrogens is 2. The lowest BCUT2D eigenvalue weighted by molar-refractivity contribution is 0.0691. The molecule has 0 saturated carbocycles. The highest BCUT2D eigenvalue weighted by atomic mass is 16.4. The minimum absolute atomic E-state index is 0.0586. The molecule has 0 atom stereocenters. The van der Waals surface area contributed by atoms with Crippen LogP contribution in [0.3, 0.4) is 0 Å². The van der Waals surface area contributed by atoms with Gasteiger partial charge in [0.05, 0.1) is 5.69 Å². The van der Waals surface area contributed by atoms with Crippen LogP contribution in [-0.4, -0.2) is 27.0 Å². The summed E-state index contributed by atoms with van der Waals surface area (Å²) in [7, 11) is 0. The van der Waals surface area contributed by atoms with Crippen molar-refractivity contribution in [1.82, 2.24) is 9.38 Å². The summed E-state index contributed by atoms with van der Waals surface area (Å²) in [6, 6.07) is 14.1. The Labute approximate surface area is 128 Å². The average Bonchev–Trinajstić information content (AvgIpc) is 2.97. The number of imidazole rings is 1. The van der Waals surface area contributed by atoms with Gasteiger partial charge in [0.1, 0.15) is 5.65 Å². The van der Waals surface area contributed by atoms with E-state index in [0.717, 1.165) is 18.8 Å². The zero-order valence-electron chi connectivity index (χ0n) is 12.3. The first-order valence-corrected chi connectivity index (χ1v) is 7.18. The molecule has 3 aromatic rings. The molecule has 0 fully saturated rings. The summed E-state index contributed by atoms with van der Waals surface area (Å²) in [4.78, 5) is 17.3. The van der Waals surface area contributed by atoms with Crippen molar-refractivity contribution < 1.29 is 9.90 Å². The number of anilines is 1. The highest BCUT2D eigenvalue weighted by molar-refractivity contribution is 5.86. The van der Waals surface area contributed by atoms with E-state index in [1.54, 1.807) is 4.40 Å². The fourth-order valence-corrected chi connectivity index (χ4v) is 2.46. The van der Waals surface area contributed by atoms with Gasteiger partial charge >= 0.3 is 5.97 Å². The summed E-state index contributed by atoms with van der Waals surface area (Å²) in [6.45, 7) is 3.77. The van der Waals surface area contributed by atoms with Crippen LogP contribution in [0.1, 0.15) is 23.0 Å². The summed E-state index contributed by atoms with van der Waals surface area (Å²) in [5.41, 5.74) is 2.97. The van der Waals surface area contributed by atoms with E-state index in [1.165, 1.54) is 11.8 Å². The number of carbonyl (C=O) groups is 1. The van der Waals surface area contributed by atoms with E-state index >= 15 is 0 Å². The van der Waals surface area contributed by atoms with Crippen LogP contribution >= 0.6 is 0 Å². The van der Waals surface area contributed by atoms with Gasteiger partial charge in [-0.15, -0.1) is 0 Å². The maximum atomic E-state index is 11.0. The first kappa shape index (κ1) is 14.1. The minimum atomic E-state index is -1.01. The highest BCUT2D eigenvalue weighted by Crippen LogP contribution is 2.18. The molecule has 1 aromatic carbocycles. The predicted octanol–water partition coefficient (Wildman–Crippen LogP) is 3.06. The Morgan fingerprint density at radius 1 is 1.18 bits per heavy atom. The van der Waals surface area contributed by atoms with Crippen molar-refractivity contribution in [2.45, 2.75) is 13.5 Å². The Bertz CT molecular complexity index is 796. The van der Waals surface area contributed by atoms with Crippen LogP contribution in [0.15, 0.2) is 54.9 Å². The van der Waals surface area contributed by atoms with Crippen molar-refractivity contribution in [3.8, 4) is 0 Å². The summed E-state index contributed by atoms with van der Waals surface area (Å²) >= 11 is 0. The van der Waals surface area contributed by atoms with Crippen LogP contribution in [0.25, 0.3) is 5.65 Å². The van der Waals surface area contributed by atoms with Gasteiger partial charge in [0.25, 0.3) is 0 Å². The van der Waals surface area contributed by atoms with Crippen molar-refractivity contribution in [3.63, 3.8) is 0 Å². The zero-order valence-corrected chi connectivity index (χ0v) is 12.3. The quantitative estimate of drug-likeness (QED) is 0.786. The van der Waals surface area contributed by atoms with Crippen molar-refractivity contribution >= 4 is 17.3 Å². The number of aromatic carboxylic acids is 1.